The lowest BCUT2D eigenvalue weighted by Crippen LogP contribution is -2.27. The van der Waals surface area contributed by atoms with Crippen LogP contribution in [0, 0.1) is 12.3 Å². The molecular formula is C18H15N3OS. The number of hydrogen-bond donors (Lipinski definition) is 0. The second-order valence-corrected chi connectivity index (χ2v) is 6.73. The zero-order valence-corrected chi connectivity index (χ0v) is 13.3. The van der Waals surface area contributed by atoms with Crippen molar-refractivity contribution < 1.29 is 4.79 Å². The van der Waals surface area contributed by atoms with E-state index in [4.69, 9.17) is 6.42 Å². The van der Waals surface area contributed by atoms with E-state index in [2.05, 4.69) is 20.8 Å². The molecule has 0 bridgehead atoms. The van der Waals surface area contributed by atoms with E-state index in [9.17, 15) is 4.79 Å². The lowest BCUT2D eigenvalue weighted by molar-refractivity contribution is -0.114. The Morgan fingerprint density at radius 1 is 1.39 bits per heavy atom. The zero-order chi connectivity index (χ0) is 15.8. The van der Waals surface area contributed by atoms with Gasteiger partial charge in [0.1, 0.15) is 0 Å². The Bertz CT molecular complexity index is 832. The molecule has 23 heavy (non-hydrogen) atoms. The van der Waals surface area contributed by atoms with Gasteiger partial charge < -0.3 is 4.90 Å². The number of carbonyl (C=O) groups excluding carboxylic acids is 1. The number of Topliss-reactive ketones (excluding diaryl/α,β-unsaturated/α-hetero) is 1. The molecule has 4 rings (SSSR count). The van der Waals surface area contributed by atoms with Crippen molar-refractivity contribution in [2.24, 2.45) is 0 Å². The van der Waals surface area contributed by atoms with Crippen LogP contribution in [0.3, 0.4) is 0 Å². The minimum absolute atomic E-state index is 0.0145. The highest BCUT2D eigenvalue weighted by atomic mass is 32.1. The van der Waals surface area contributed by atoms with Crippen molar-refractivity contribution in [3.8, 4) is 12.3 Å². The van der Waals surface area contributed by atoms with Crippen molar-refractivity contribution in [1.82, 2.24) is 14.9 Å². The van der Waals surface area contributed by atoms with Gasteiger partial charge in [-0.3, -0.25) is 9.78 Å². The van der Waals surface area contributed by atoms with Gasteiger partial charge in [0.2, 0.25) is 0 Å². The van der Waals surface area contributed by atoms with E-state index in [0.29, 0.717) is 17.9 Å². The van der Waals surface area contributed by atoms with Crippen molar-refractivity contribution in [1.29, 1.82) is 0 Å². The van der Waals surface area contributed by atoms with E-state index in [-0.39, 0.29) is 5.78 Å². The minimum Gasteiger partial charge on any atom is -0.369 e. The molecule has 0 amide bonds. The molecule has 114 valence electrons. The number of carbonyl (C=O) groups is 1. The third-order valence-corrected chi connectivity index (χ3v) is 5.41. The zero-order valence-electron chi connectivity index (χ0n) is 12.5. The van der Waals surface area contributed by atoms with E-state index in [1.54, 1.807) is 23.7 Å². The standard InChI is InChI=1S/C18H15N3OS/c1-2-14-16(22)9-13-10-19-5-3-15(13)17(14)21-7-4-12(11-21)18-20-6-8-23-18/h1,3,5-6,8,10,12H,4,7,9,11H2/t12-/m0/s1. The van der Waals surface area contributed by atoms with Gasteiger partial charge in [0.05, 0.1) is 16.3 Å². The molecule has 0 radical (unpaired) electrons. The first kappa shape index (κ1) is 14.2. The lowest BCUT2D eigenvalue weighted by atomic mass is 9.89. The van der Waals surface area contributed by atoms with Gasteiger partial charge in [0.15, 0.2) is 5.78 Å². The van der Waals surface area contributed by atoms with Crippen LogP contribution in [0.2, 0.25) is 0 Å². The Morgan fingerprint density at radius 2 is 2.30 bits per heavy atom. The van der Waals surface area contributed by atoms with Gasteiger partial charge in [-0.15, -0.1) is 17.8 Å². The third kappa shape index (κ3) is 2.36. The summed E-state index contributed by atoms with van der Waals surface area (Å²) in [5.41, 5.74) is 3.42. The van der Waals surface area contributed by atoms with Crippen LogP contribution in [-0.4, -0.2) is 33.7 Å². The fourth-order valence-electron chi connectivity index (χ4n) is 3.41. The Kier molecular flexibility index (Phi) is 3.47. The molecule has 2 aromatic heterocycles. The normalized spacial score (nSPS) is 20.6. The molecule has 0 spiro atoms. The minimum atomic E-state index is 0.0145. The molecule has 0 unspecified atom stereocenters. The Labute approximate surface area is 138 Å². The van der Waals surface area contributed by atoms with Gasteiger partial charge in [-0.1, -0.05) is 5.92 Å². The molecule has 1 fully saturated rings. The molecule has 1 saturated heterocycles. The molecule has 5 heteroatoms. The maximum absolute atomic E-state index is 12.4. The number of thiazole rings is 1. The number of allylic oxidation sites excluding steroid dienone is 1. The summed E-state index contributed by atoms with van der Waals surface area (Å²) in [4.78, 5) is 23.2. The summed E-state index contributed by atoms with van der Waals surface area (Å²) < 4.78 is 0. The largest absolute Gasteiger partial charge is 0.369 e. The molecule has 0 N–H and O–H groups in total. The topological polar surface area (TPSA) is 46.1 Å². The smallest absolute Gasteiger partial charge is 0.177 e. The monoisotopic (exact) mass is 321 g/mol. The third-order valence-electron chi connectivity index (χ3n) is 4.47. The van der Waals surface area contributed by atoms with Gasteiger partial charge >= 0.3 is 0 Å². The van der Waals surface area contributed by atoms with Crippen LogP contribution in [0.4, 0.5) is 0 Å². The van der Waals surface area contributed by atoms with Gasteiger partial charge in [-0.25, -0.2) is 4.98 Å². The predicted molar refractivity (Wildman–Crippen MR) is 89.7 cm³/mol. The van der Waals surface area contributed by atoms with Gasteiger partial charge in [-0.05, 0) is 18.1 Å². The van der Waals surface area contributed by atoms with Crippen LogP contribution in [-0.2, 0) is 11.2 Å². The molecule has 0 saturated carbocycles. The number of ketones is 1. The Balaban J connectivity index is 1.74. The van der Waals surface area contributed by atoms with Crippen molar-refractivity contribution in [2.75, 3.05) is 13.1 Å². The first-order valence-electron chi connectivity index (χ1n) is 7.59. The van der Waals surface area contributed by atoms with E-state index in [1.165, 1.54) is 0 Å². The first-order chi connectivity index (χ1) is 11.3. The highest BCUT2D eigenvalue weighted by Gasteiger charge is 2.33. The maximum atomic E-state index is 12.4. The molecule has 2 aliphatic rings. The fourth-order valence-corrected chi connectivity index (χ4v) is 4.17. The average molecular weight is 321 g/mol. The van der Waals surface area contributed by atoms with Crippen LogP contribution in [0.25, 0.3) is 5.70 Å². The SMILES string of the molecule is C#CC1=C(N2CC[C@H](c3nccs3)C2)c2ccncc2CC1=O. The molecule has 4 nitrogen and oxygen atoms in total. The highest BCUT2D eigenvalue weighted by Crippen LogP contribution is 2.37. The van der Waals surface area contributed by atoms with Crippen LogP contribution in [0.15, 0.2) is 35.6 Å². The van der Waals surface area contributed by atoms with Crippen molar-refractivity contribution in [3.05, 3.63) is 51.7 Å². The summed E-state index contributed by atoms with van der Waals surface area (Å²) in [5, 5.41) is 3.17. The summed E-state index contributed by atoms with van der Waals surface area (Å²) in [5.74, 6) is 3.05. The van der Waals surface area contributed by atoms with E-state index >= 15 is 0 Å². The summed E-state index contributed by atoms with van der Waals surface area (Å²) >= 11 is 1.69. The molecule has 1 aliphatic heterocycles. The van der Waals surface area contributed by atoms with E-state index in [1.807, 2.05) is 17.6 Å². The number of hydrogen-bond acceptors (Lipinski definition) is 5. The van der Waals surface area contributed by atoms with Gasteiger partial charge in [-0.2, -0.15) is 0 Å². The number of nitrogens with zero attached hydrogens (tertiary/aromatic N) is 3. The second-order valence-electron chi connectivity index (χ2n) is 5.80. The van der Waals surface area contributed by atoms with Crippen molar-refractivity contribution >= 4 is 22.8 Å². The Morgan fingerprint density at radius 3 is 3.09 bits per heavy atom. The number of terminal acetylenes is 1. The molecule has 3 heterocycles. The highest BCUT2D eigenvalue weighted by molar-refractivity contribution is 7.09. The number of likely N-dealkylation sites (tertiary alicyclic amines) is 1. The van der Waals surface area contributed by atoms with Crippen LogP contribution < -0.4 is 0 Å². The second kappa shape index (κ2) is 5.64. The summed E-state index contributed by atoms with van der Waals surface area (Å²) in [6, 6.07) is 1.96. The van der Waals surface area contributed by atoms with E-state index < -0.39 is 0 Å². The van der Waals surface area contributed by atoms with Gasteiger partial charge in [0.25, 0.3) is 0 Å². The summed E-state index contributed by atoms with van der Waals surface area (Å²) in [7, 11) is 0. The predicted octanol–water partition coefficient (Wildman–Crippen LogP) is 2.50. The number of aromatic nitrogens is 2. The molecule has 2 aromatic rings. The van der Waals surface area contributed by atoms with Crippen molar-refractivity contribution in [3.63, 3.8) is 0 Å². The first-order valence-corrected chi connectivity index (χ1v) is 8.47. The number of fused-ring (bicyclic) bond motifs is 1. The maximum Gasteiger partial charge on any atom is 0.177 e. The Hall–Kier alpha value is -2.45. The molecule has 0 aromatic carbocycles. The lowest BCUT2D eigenvalue weighted by Gasteiger charge is -2.28. The van der Waals surface area contributed by atoms with Crippen LogP contribution >= 0.6 is 11.3 Å². The quantitative estimate of drug-likeness (QED) is 0.797. The molecule has 1 aliphatic carbocycles. The van der Waals surface area contributed by atoms with Crippen LogP contribution in [0.5, 0.6) is 0 Å². The van der Waals surface area contributed by atoms with Gasteiger partial charge in [0, 0.05) is 55.0 Å². The van der Waals surface area contributed by atoms with E-state index in [0.717, 1.165) is 41.3 Å². The number of rotatable bonds is 2. The molecular weight excluding hydrogens is 306 g/mol. The average Bonchev–Trinajstić information content (AvgIpc) is 3.24. The summed E-state index contributed by atoms with van der Waals surface area (Å²) in [6.07, 6.45) is 12.4. The molecule has 1 atom stereocenters. The van der Waals surface area contributed by atoms with Crippen LogP contribution in [0.1, 0.15) is 28.5 Å². The fraction of sp³-hybridized carbons (Fsp3) is 0.278. The summed E-state index contributed by atoms with van der Waals surface area (Å²) in [6.45, 7) is 1.74. The number of pyridine rings is 1. The van der Waals surface area contributed by atoms with Crippen molar-refractivity contribution in [2.45, 2.75) is 18.8 Å².